The zero-order valence-corrected chi connectivity index (χ0v) is 9.17. The highest BCUT2D eigenvalue weighted by Crippen LogP contribution is 2.47. The zero-order chi connectivity index (χ0) is 11.1. The molecule has 84 valence electrons. The fourth-order valence-electron chi connectivity index (χ4n) is 2.60. The van der Waals surface area contributed by atoms with Gasteiger partial charge in [-0.3, -0.25) is 9.59 Å². The van der Waals surface area contributed by atoms with Crippen LogP contribution < -0.4 is 0 Å². The molecular weight excluding hydrogens is 196 g/mol. The molecule has 3 rings (SSSR count). The summed E-state index contributed by atoms with van der Waals surface area (Å²) in [6.07, 6.45) is 3.58. The summed E-state index contributed by atoms with van der Waals surface area (Å²) in [5, 5.41) is 0. The first-order valence-electron chi connectivity index (χ1n) is 5.34. The summed E-state index contributed by atoms with van der Waals surface area (Å²) in [6.45, 7) is 1.94. The molecule has 0 aromatic carbocycles. The number of ether oxygens (including phenoxy) is 2. The molecule has 0 N–H and O–H groups in total. The lowest BCUT2D eigenvalue weighted by molar-refractivity contribution is -0.188. The highest BCUT2D eigenvalue weighted by molar-refractivity contribution is 6.00. The molecule has 0 radical (unpaired) electrons. The van der Waals surface area contributed by atoms with E-state index in [0.29, 0.717) is 12.8 Å². The number of carbonyl (C=O) groups is 2. The summed E-state index contributed by atoms with van der Waals surface area (Å²) in [5.74, 6) is -0.822. The average Bonchev–Trinajstić information content (AvgIpc) is 2.44. The van der Waals surface area contributed by atoms with Crippen LogP contribution in [0.15, 0.2) is 0 Å². The molecule has 0 aromatic heterocycles. The number of fused-ring (bicyclic) bond motifs is 4. The van der Waals surface area contributed by atoms with Crippen molar-refractivity contribution >= 4 is 11.9 Å². The number of esters is 2. The Bertz CT molecular complexity index is 312. The van der Waals surface area contributed by atoms with Crippen LogP contribution in [0.25, 0.3) is 0 Å². The van der Waals surface area contributed by atoms with Gasteiger partial charge in [-0.15, -0.1) is 0 Å². The third kappa shape index (κ3) is 1.43. The predicted molar refractivity (Wildman–Crippen MR) is 52.0 cm³/mol. The molecule has 2 heterocycles. The van der Waals surface area contributed by atoms with Crippen molar-refractivity contribution < 1.29 is 19.1 Å². The molecule has 3 fully saturated rings. The van der Waals surface area contributed by atoms with Gasteiger partial charge in [0, 0.05) is 0 Å². The highest BCUT2D eigenvalue weighted by atomic mass is 16.6. The molecule has 2 bridgehead atoms. The number of hydrogen-bond donors (Lipinski definition) is 0. The number of hydrogen-bond acceptors (Lipinski definition) is 4. The first-order chi connectivity index (χ1) is 7.02. The summed E-state index contributed by atoms with van der Waals surface area (Å²) in [5.41, 5.74) is -1.37. The van der Waals surface area contributed by atoms with Gasteiger partial charge in [0.05, 0.1) is 7.11 Å². The summed E-state index contributed by atoms with van der Waals surface area (Å²) in [4.78, 5) is 23.6. The van der Waals surface area contributed by atoms with Crippen LogP contribution in [0.4, 0.5) is 0 Å². The van der Waals surface area contributed by atoms with E-state index < -0.39 is 11.4 Å². The van der Waals surface area contributed by atoms with Crippen molar-refractivity contribution in [2.75, 3.05) is 7.11 Å². The maximum absolute atomic E-state index is 11.9. The second-order valence-electron chi connectivity index (χ2n) is 4.77. The largest absolute Gasteiger partial charge is 0.468 e. The fourth-order valence-corrected chi connectivity index (χ4v) is 2.60. The van der Waals surface area contributed by atoms with Gasteiger partial charge in [0.2, 0.25) is 0 Å². The van der Waals surface area contributed by atoms with Crippen molar-refractivity contribution in [3.8, 4) is 0 Å². The minimum atomic E-state index is -1.01. The number of rotatable bonds is 1. The monoisotopic (exact) mass is 212 g/mol. The topological polar surface area (TPSA) is 52.6 Å². The van der Waals surface area contributed by atoms with Crippen molar-refractivity contribution in [2.24, 2.45) is 5.41 Å². The molecule has 0 spiro atoms. The van der Waals surface area contributed by atoms with Crippen LogP contribution in [0.5, 0.6) is 0 Å². The maximum Gasteiger partial charge on any atom is 0.324 e. The minimum Gasteiger partial charge on any atom is -0.468 e. The maximum atomic E-state index is 11.9. The standard InChI is InChI=1S/C11H16O4/c1-10-4-3-5-11(7-6-10,8(12)14-2)9(13)15-10/h3-7H2,1-2H3. The van der Waals surface area contributed by atoms with E-state index in [9.17, 15) is 9.59 Å². The second-order valence-corrected chi connectivity index (χ2v) is 4.77. The SMILES string of the molecule is COC(=O)C12CCCC(C)(CC1)OC2=O. The van der Waals surface area contributed by atoms with Gasteiger partial charge in [0.1, 0.15) is 5.60 Å². The van der Waals surface area contributed by atoms with E-state index >= 15 is 0 Å². The van der Waals surface area contributed by atoms with Crippen molar-refractivity contribution in [1.29, 1.82) is 0 Å². The van der Waals surface area contributed by atoms with E-state index in [-0.39, 0.29) is 11.6 Å². The van der Waals surface area contributed by atoms with Gasteiger partial charge in [0.25, 0.3) is 0 Å². The Hall–Kier alpha value is -1.06. The van der Waals surface area contributed by atoms with Crippen LogP contribution in [0.1, 0.15) is 39.0 Å². The predicted octanol–water partition coefficient (Wildman–Crippen LogP) is 1.43. The average molecular weight is 212 g/mol. The van der Waals surface area contributed by atoms with Gasteiger partial charge in [-0.25, -0.2) is 0 Å². The molecule has 2 aliphatic heterocycles. The van der Waals surface area contributed by atoms with E-state index in [1.54, 1.807) is 0 Å². The lowest BCUT2D eigenvalue weighted by Crippen LogP contribution is -2.48. The van der Waals surface area contributed by atoms with E-state index in [1.165, 1.54) is 7.11 Å². The quantitative estimate of drug-likeness (QED) is 0.487. The summed E-state index contributed by atoms with van der Waals surface area (Å²) >= 11 is 0. The van der Waals surface area contributed by atoms with Crippen LogP contribution in [-0.2, 0) is 19.1 Å². The molecule has 2 saturated heterocycles. The highest BCUT2D eigenvalue weighted by Gasteiger charge is 2.56. The van der Waals surface area contributed by atoms with Crippen LogP contribution in [0.2, 0.25) is 0 Å². The third-order valence-electron chi connectivity index (χ3n) is 3.70. The Labute approximate surface area is 88.9 Å². The molecule has 1 saturated carbocycles. The number of carbonyl (C=O) groups excluding carboxylic acids is 2. The lowest BCUT2D eigenvalue weighted by Gasteiger charge is -2.37. The van der Waals surface area contributed by atoms with Gasteiger partial charge in [0.15, 0.2) is 5.41 Å². The molecule has 15 heavy (non-hydrogen) atoms. The smallest absolute Gasteiger partial charge is 0.324 e. The van der Waals surface area contributed by atoms with Crippen molar-refractivity contribution in [3.05, 3.63) is 0 Å². The Morgan fingerprint density at radius 1 is 1.33 bits per heavy atom. The van der Waals surface area contributed by atoms with Crippen molar-refractivity contribution in [3.63, 3.8) is 0 Å². The number of methoxy groups -OCH3 is 1. The molecule has 1 aliphatic carbocycles. The van der Waals surface area contributed by atoms with Gasteiger partial charge in [-0.1, -0.05) is 0 Å². The van der Waals surface area contributed by atoms with Crippen LogP contribution in [0, 0.1) is 5.41 Å². The molecule has 0 amide bonds. The Morgan fingerprint density at radius 3 is 2.67 bits per heavy atom. The molecule has 4 nitrogen and oxygen atoms in total. The Morgan fingerprint density at radius 2 is 2.07 bits per heavy atom. The first-order valence-corrected chi connectivity index (χ1v) is 5.34. The fraction of sp³-hybridized carbons (Fsp3) is 0.818. The van der Waals surface area contributed by atoms with Gasteiger partial charge >= 0.3 is 11.9 Å². The molecule has 0 aromatic rings. The first kappa shape index (κ1) is 10.5. The summed E-state index contributed by atoms with van der Waals surface area (Å²) < 4.78 is 10.1. The van der Waals surface area contributed by atoms with Crippen LogP contribution in [0.3, 0.4) is 0 Å². The Balaban J connectivity index is 2.34. The summed E-state index contributed by atoms with van der Waals surface area (Å²) in [6, 6.07) is 0. The molecule has 2 atom stereocenters. The van der Waals surface area contributed by atoms with Gasteiger partial charge < -0.3 is 9.47 Å². The molecule has 3 aliphatic rings. The second kappa shape index (κ2) is 3.22. The molecule has 2 unspecified atom stereocenters. The van der Waals surface area contributed by atoms with Crippen molar-refractivity contribution in [1.82, 2.24) is 0 Å². The van der Waals surface area contributed by atoms with E-state index in [2.05, 4.69) is 0 Å². The normalized spacial score (nSPS) is 39.5. The lowest BCUT2D eigenvalue weighted by atomic mass is 9.78. The Kier molecular flexibility index (Phi) is 2.24. The zero-order valence-electron chi connectivity index (χ0n) is 9.17. The molecule has 4 heteroatoms. The molecular formula is C11H16O4. The van der Waals surface area contributed by atoms with Gasteiger partial charge in [-0.05, 0) is 39.0 Å². The summed E-state index contributed by atoms with van der Waals surface area (Å²) in [7, 11) is 1.32. The van der Waals surface area contributed by atoms with E-state index in [1.807, 2.05) is 6.92 Å². The van der Waals surface area contributed by atoms with Crippen molar-refractivity contribution in [2.45, 2.75) is 44.6 Å². The van der Waals surface area contributed by atoms with E-state index in [4.69, 9.17) is 9.47 Å². The van der Waals surface area contributed by atoms with E-state index in [0.717, 1.165) is 19.3 Å². The minimum absolute atomic E-state index is 0.356. The third-order valence-corrected chi connectivity index (χ3v) is 3.70. The van der Waals surface area contributed by atoms with Gasteiger partial charge in [-0.2, -0.15) is 0 Å². The van der Waals surface area contributed by atoms with Crippen LogP contribution in [-0.4, -0.2) is 24.6 Å². The van der Waals surface area contributed by atoms with Crippen LogP contribution >= 0.6 is 0 Å².